The molecule has 8 aromatic rings. The van der Waals surface area contributed by atoms with Gasteiger partial charge < -0.3 is 19.0 Å². The summed E-state index contributed by atoms with van der Waals surface area (Å²) in [4.78, 5) is 0. The van der Waals surface area contributed by atoms with E-state index >= 15 is 0 Å². The van der Waals surface area contributed by atoms with Crippen molar-refractivity contribution in [3.8, 4) is 33.8 Å². The van der Waals surface area contributed by atoms with E-state index in [1.165, 1.54) is 36.4 Å². The molecular formula is C37H22BCl4F2O4. The summed E-state index contributed by atoms with van der Waals surface area (Å²) in [5.74, 6) is -1.91. The number of benzene rings is 6. The standard InChI is InChI=1S/C18H10Cl2F2O2.C18H8Cl2O2.CH4.B/c19-9-1-3-11(15(21)5-9)13-7-18(24)14(8-17(13)23)12-4-2-10(20)6-16(12)22;19-9-1-3-11-13-7-18-14(8-17(13)21-15(11)5-9)12-4-2-10(20)6-16(12)22-18;;/h1-8,23-24H;1-8H;1H4;. The third kappa shape index (κ3) is 6.39. The van der Waals surface area contributed by atoms with Gasteiger partial charge in [0, 0.05) is 84.4 Å². The first-order valence-electron chi connectivity index (χ1n) is 13.7. The number of phenols is 2. The molecule has 2 N–H and O–H groups in total. The summed E-state index contributed by atoms with van der Waals surface area (Å²) in [7, 11) is 0. The quantitative estimate of drug-likeness (QED) is 0.138. The van der Waals surface area contributed by atoms with Gasteiger partial charge in [0.25, 0.3) is 0 Å². The zero-order valence-electron chi connectivity index (χ0n) is 23.8. The second kappa shape index (κ2) is 13.6. The van der Waals surface area contributed by atoms with Crippen LogP contribution in [0.15, 0.2) is 106 Å². The number of aromatic hydroxyl groups is 2. The van der Waals surface area contributed by atoms with Crippen LogP contribution in [0.5, 0.6) is 11.5 Å². The average Bonchev–Trinajstić information content (AvgIpc) is 3.53. The highest BCUT2D eigenvalue weighted by molar-refractivity contribution is 6.32. The summed E-state index contributed by atoms with van der Waals surface area (Å²) in [5, 5.41) is 26.3. The normalized spacial score (nSPS) is 11.0. The van der Waals surface area contributed by atoms with Gasteiger partial charge in [-0.3, -0.25) is 0 Å². The van der Waals surface area contributed by atoms with Crippen LogP contribution in [0.2, 0.25) is 20.1 Å². The largest absolute Gasteiger partial charge is 0.507 e. The van der Waals surface area contributed by atoms with Gasteiger partial charge in [0.1, 0.15) is 45.5 Å². The Morgan fingerprint density at radius 3 is 1.12 bits per heavy atom. The first-order valence-corrected chi connectivity index (χ1v) is 15.2. The fourth-order valence-electron chi connectivity index (χ4n) is 5.42. The van der Waals surface area contributed by atoms with E-state index in [9.17, 15) is 19.0 Å². The van der Waals surface area contributed by atoms with Crippen molar-refractivity contribution in [2.45, 2.75) is 7.43 Å². The van der Waals surface area contributed by atoms with Crippen molar-refractivity contribution in [2.75, 3.05) is 0 Å². The van der Waals surface area contributed by atoms with E-state index in [2.05, 4.69) is 0 Å². The minimum Gasteiger partial charge on any atom is -0.507 e. The second-order valence-electron chi connectivity index (χ2n) is 10.5. The first kappa shape index (κ1) is 34.9. The maximum Gasteiger partial charge on any atom is 0.136 e. The molecule has 3 radical (unpaired) electrons. The summed E-state index contributed by atoms with van der Waals surface area (Å²) < 4.78 is 39.9. The first-order chi connectivity index (χ1) is 22.0. The Bertz CT molecular complexity index is 2320. The molecule has 239 valence electrons. The average molecular weight is 721 g/mol. The van der Waals surface area contributed by atoms with E-state index in [1.54, 1.807) is 0 Å². The van der Waals surface area contributed by atoms with E-state index in [0.717, 1.165) is 56.0 Å². The maximum absolute atomic E-state index is 14.0. The number of hydrogen-bond donors (Lipinski definition) is 2. The molecule has 4 nitrogen and oxygen atoms in total. The van der Waals surface area contributed by atoms with Crippen LogP contribution in [-0.2, 0) is 0 Å². The monoisotopic (exact) mass is 719 g/mol. The van der Waals surface area contributed by atoms with Crippen LogP contribution in [0.3, 0.4) is 0 Å². The van der Waals surface area contributed by atoms with Gasteiger partial charge in [0.05, 0.1) is 0 Å². The molecule has 48 heavy (non-hydrogen) atoms. The number of rotatable bonds is 2. The Morgan fingerprint density at radius 2 is 0.750 bits per heavy atom. The number of hydrogen-bond acceptors (Lipinski definition) is 4. The van der Waals surface area contributed by atoms with Gasteiger partial charge in [0.15, 0.2) is 0 Å². The Labute approximate surface area is 295 Å². The Balaban J connectivity index is 0.000000181. The zero-order valence-corrected chi connectivity index (χ0v) is 26.8. The molecule has 0 aliphatic rings. The maximum atomic E-state index is 14.0. The van der Waals surface area contributed by atoms with Crippen molar-refractivity contribution < 1.29 is 27.8 Å². The van der Waals surface area contributed by atoms with Crippen LogP contribution in [0.4, 0.5) is 8.78 Å². The molecule has 6 aromatic carbocycles. The molecule has 0 bridgehead atoms. The van der Waals surface area contributed by atoms with Crippen LogP contribution in [0, 0.1) is 11.6 Å². The van der Waals surface area contributed by atoms with Gasteiger partial charge in [-0.25, -0.2) is 8.78 Å². The van der Waals surface area contributed by atoms with E-state index < -0.39 is 11.6 Å². The fourth-order valence-corrected chi connectivity index (χ4v) is 6.06. The van der Waals surface area contributed by atoms with Gasteiger partial charge in [-0.2, -0.15) is 0 Å². The van der Waals surface area contributed by atoms with Crippen molar-refractivity contribution in [3.63, 3.8) is 0 Å². The number of furan rings is 2. The summed E-state index contributed by atoms with van der Waals surface area (Å²) in [6, 6.07) is 25.6. The molecule has 0 saturated heterocycles. The molecule has 2 aromatic heterocycles. The van der Waals surface area contributed by atoms with E-state index in [0.29, 0.717) is 10.0 Å². The van der Waals surface area contributed by atoms with E-state index in [1.807, 2.05) is 48.5 Å². The lowest BCUT2D eigenvalue weighted by Gasteiger charge is -2.12. The lowest BCUT2D eigenvalue weighted by atomic mass is 9.97. The topological polar surface area (TPSA) is 66.7 Å². The molecule has 0 spiro atoms. The van der Waals surface area contributed by atoms with Gasteiger partial charge in [-0.05, 0) is 84.9 Å². The van der Waals surface area contributed by atoms with Crippen molar-refractivity contribution in [1.29, 1.82) is 0 Å². The Morgan fingerprint density at radius 1 is 0.417 bits per heavy atom. The molecule has 0 fully saturated rings. The highest BCUT2D eigenvalue weighted by atomic mass is 35.5. The molecular weight excluding hydrogens is 699 g/mol. The smallest absolute Gasteiger partial charge is 0.136 e. The number of phenolic OH excluding ortho intramolecular Hbond substituents is 2. The van der Waals surface area contributed by atoms with E-state index in [-0.39, 0.29) is 59.6 Å². The Hall–Kier alpha value is -4.40. The van der Waals surface area contributed by atoms with E-state index in [4.69, 9.17) is 55.2 Å². The summed E-state index contributed by atoms with van der Waals surface area (Å²) in [5.41, 5.74) is 3.47. The van der Waals surface area contributed by atoms with Crippen molar-refractivity contribution in [1.82, 2.24) is 0 Å². The molecule has 0 unspecified atom stereocenters. The van der Waals surface area contributed by atoms with Gasteiger partial charge in [-0.1, -0.05) is 53.8 Å². The van der Waals surface area contributed by atoms with Crippen molar-refractivity contribution in [2.24, 2.45) is 0 Å². The highest BCUT2D eigenvalue weighted by Crippen LogP contribution is 2.42. The molecule has 0 amide bonds. The lowest BCUT2D eigenvalue weighted by molar-refractivity contribution is 0.463. The third-order valence-corrected chi connectivity index (χ3v) is 8.49. The third-order valence-electron chi connectivity index (χ3n) is 7.55. The molecule has 11 heteroatoms. The van der Waals surface area contributed by atoms with Crippen LogP contribution in [0.25, 0.3) is 66.1 Å². The Kier molecular flexibility index (Phi) is 9.90. The minimum absolute atomic E-state index is 0. The van der Waals surface area contributed by atoms with Crippen LogP contribution < -0.4 is 0 Å². The van der Waals surface area contributed by atoms with Crippen LogP contribution in [-0.4, -0.2) is 18.6 Å². The van der Waals surface area contributed by atoms with Crippen molar-refractivity contribution in [3.05, 3.63) is 129 Å². The highest BCUT2D eigenvalue weighted by Gasteiger charge is 2.18. The molecule has 0 aliphatic carbocycles. The molecule has 0 aliphatic heterocycles. The van der Waals surface area contributed by atoms with Crippen LogP contribution >= 0.6 is 46.4 Å². The molecule has 0 saturated carbocycles. The molecule has 8 rings (SSSR count). The minimum atomic E-state index is -0.650. The van der Waals surface area contributed by atoms with Gasteiger partial charge >= 0.3 is 0 Å². The number of halogens is 6. The molecule has 2 heterocycles. The molecule has 0 atom stereocenters. The summed E-state index contributed by atoms with van der Waals surface area (Å²) >= 11 is 23.5. The van der Waals surface area contributed by atoms with Crippen LogP contribution in [0.1, 0.15) is 7.43 Å². The lowest BCUT2D eigenvalue weighted by Crippen LogP contribution is -1.89. The zero-order chi connectivity index (χ0) is 32.3. The summed E-state index contributed by atoms with van der Waals surface area (Å²) in [6.07, 6.45) is 0. The predicted molar refractivity (Wildman–Crippen MR) is 194 cm³/mol. The predicted octanol–water partition coefficient (Wildman–Crippen LogP) is 13.1. The van der Waals surface area contributed by atoms with Gasteiger partial charge in [-0.15, -0.1) is 0 Å². The SMILES string of the molecule is C.Clc1ccc2c(c1)oc1cc3c(cc12)oc1cc(Cl)ccc13.Oc1cc(-c2ccc(Cl)cc2F)c(O)cc1-c1ccc(Cl)cc1F.[B]. The van der Waals surface area contributed by atoms with Gasteiger partial charge in [0.2, 0.25) is 0 Å². The fraction of sp³-hybridized carbons (Fsp3) is 0.0270. The second-order valence-corrected chi connectivity index (χ2v) is 12.2. The number of fused-ring (bicyclic) bond motifs is 6. The summed E-state index contributed by atoms with van der Waals surface area (Å²) in [6.45, 7) is 0. The van der Waals surface area contributed by atoms with Crippen molar-refractivity contribution >= 4 is 98.7 Å².